The third kappa shape index (κ3) is 4.57. The van der Waals surface area contributed by atoms with Gasteiger partial charge >= 0.3 is 5.97 Å². The second-order valence-corrected chi connectivity index (χ2v) is 7.28. The Morgan fingerprint density at radius 3 is 2.62 bits per heavy atom. The molecule has 5 nitrogen and oxygen atoms in total. The van der Waals surface area contributed by atoms with Crippen LogP contribution in [0.4, 0.5) is 5.69 Å². The fraction of sp³-hybridized carbons (Fsp3) is 0.273. The highest BCUT2D eigenvalue weighted by Gasteiger charge is 2.34. The van der Waals surface area contributed by atoms with Crippen LogP contribution in [0.25, 0.3) is 0 Å². The number of esters is 1. The first-order valence-electron chi connectivity index (χ1n) is 9.37. The summed E-state index contributed by atoms with van der Waals surface area (Å²) in [7, 11) is 0. The van der Waals surface area contributed by atoms with Crippen LogP contribution >= 0.6 is 23.2 Å². The second-order valence-electron chi connectivity index (χ2n) is 6.44. The van der Waals surface area contributed by atoms with Crippen molar-refractivity contribution < 1.29 is 19.1 Å². The molecule has 152 valence electrons. The maximum Gasteiger partial charge on any atom is 0.334 e. The van der Waals surface area contributed by atoms with Crippen molar-refractivity contribution in [1.82, 2.24) is 0 Å². The van der Waals surface area contributed by atoms with Crippen LogP contribution < -0.4 is 4.90 Å². The van der Waals surface area contributed by atoms with Crippen molar-refractivity contribution in [1.29, 1.82) is 0 Å². The molecule has 2 aromatic rings. The van der Waals surface area contributed by atoms with Crippen LogP contribution in [0.2, 0.25) is 10.0 Å². The van der Waals surface area contributed by atoms with E-state index in [1.807, 2.05) is 25.1 Å². The lowest BCUT2D eigenvalue weighted by atomic mass is 9.99. The molecule has 3 rings (SSSR count). The van der Waals surface area contributed by atoms with Gasteiger partial charge in [0.1, 0.15) is 0 Å². The quantitative estimate of drug-likeness (QED) is 0.473. The van der Waals surface area contributed by atoms with Crippen LogP contribution in [0.5, 0.6) is 0 Å². The van der Waals surface area contributed by atoms with E-state index in [0.29, 0.717) is 33.4 Å². The molecule has 0 aliphatic carbocycles. The van der Waals surface area contributed by atoms with E-state index in [1.165, 1.54) is 0 Å². The molecule has 0 fully saturated rings. The highest BCUT2D eigenvalue weighted by Crippen LogP contribution is 2.42. The number of rotatable bonds is 5. The van der Waals surface area contributed by atoms with Crippen LogP contribution in [0, 0.1) is 0 Å². The van der Waals surface area contributed by atoms with Gasteiger partial charge in [0.2, 0.25) is 0 Å². The van der Waals surface area contributed by atoms with Crippen molar-refractivity contribution in [2.75, 3.05) is 18.1 Å². The zero-order valence-electron chi connectivity index (χ0n) is 16.2. The zero-order chi connectivity index (χ0) is 21.0. The Balaban J connectivity index is 2.22. The number of carbonyl (C=O) groups excluding carboxylic acids is 2. The number of amides is 1. The van der Waals surface area contributed by atoms with Gasteiger partial charge in [-0.15, -0.1) is 0 Å². The van der Waals surface area contributed by atoms with Gasteiger partial charge in [0.15, 0.2) is 11.9 Å². The number of nitrogens with zero attached hydrogens (tertiary/aromatic N) is 1. The molecule has 0 bridgehead atoms. The van der Waals surface area contributed by atoms with Gasteiger partial charge in [0, 0.05) is 27.7 Å². The molecule has 0 aromatic heterocycles. The standard InChI is InChI=1S/C22H21Cl2NO4/c1-3-11-25-18-10-9-14(23)12-16(18)21(15-7-5-6-8-17(15)24)29-19(22(25)27)13-20(26)28-4-2/h5-10,12-13,21H,3-4,11H2,1-2H3/b19-13+. The van der Waals surface area contributed by atoms with Crippen LogP contribution in [0.1, 0.15) is 37.5 Å². The molecule has 0 saturated carbocycles. The van der Waals surface area contributed by atoms with E-state index in [-0.39, 0.29) is 12.4 Å². The van der Waals surface area contributed by atoms with Gasteiger partial charge in [-0.2, -0.15) is 0 Å². The van der Waals surface area contributed by atoms with Gasteiger partial charge in [0.25, 0.3) is 5.91 Å². The van der Waals surface area contributed by atoms with Gasteiger partial charge < -0.3 is 14.4 Å². The van der Waals surface area contributed by atoms with Gasteiger partial charge in [-0.25, -0.2) is 4.79 Å². The van der Waals surface area contributed by atoms with Crippen LogP contribution in [0.3, 0.4) is 0 Å². The molecule has 2 aromatic carbocycles. The molecule has 7 heteroatoms. The molecule has 29 heavy (non-hydrogen) atoms. The number of fused-ring (bicyclic) bond motifs is 1. The highest BCUT2D eigenvalue weighted by atomic mass is 35.5. The van der Waals surface area contributed by atoms with Crippen molar-refractivity contribution in [3.05, 3.63) is 75.5 Å². The summed E-state index contributed by atoms with van der Waals surface area (Å²) in [5.74, 6) is -1.17. The fourth-order valence-corrected chi connectivity index (χ4v) is 3.63. The number of carbonyl (C=O) groups is 2. The SMILES string of the molecule is CCCN1C(=O)/C(=C\C(=O)OCC)OC(c2ccccc2Cl)c2cc(Cl)ccc21. The average molecular weight is 434 g/mol. The lowest BCUT2D eigenvalue weighted by molar-refractivity contribution is -0.138. The van der Waals surface area contributed by atoms with Gasteiger partial charge in [-0.05, 0) is 37.6 Å². The van der Waals surface area contributed by atoms with Crippen molar-refractivity contribution in [3.8, 4) is 0 Å². The minimum absolute atomic E-state index is 0.103. The predicted octanol–water partition coefficient (Wildman–Crippen LogP) is 5.30. The molecule has 0 spiro atoms. The normalized spacial score (nSPS) is 17.5. The summed E-state index contributed by atoms with van der Waals surface area (Å²) < 4.78 is 11.1. The lowest BCUT2D eigenvalue weighted by Gasteiger charge is -2.22. The highest BCUT2D eigenvalue weighted by molar-refractivity contribution is 6.31. The largest absolute Gasteiger partial charge is 0.475 e. The third-order valence-corrected chi connectivity index (χ3v) is 5.01. The van der Waals surface area contributed by atoms with Gasteiger partial charge in [0.05, 0.1) is 18.4 Å². The Labute approximate surface area is 179 Å². The maximum atomic E-state index is 13.2. The second kappa shape index (κ2) is 9.33. The molecule has 1 aliphatic rings. The summed E-state index contributed by atoms with van der Waals surface area (Å²) in [6.07, 6.45) is 1.09. The topological polar surface area (TPSA) is 55.8 Å². The molecule has 0 N–H and O–H groups in total. The molecule has 0 saturated heterocycles. The zero-order valence-corrected chi connectivity index (χ0v) is 17.7. The molecule has 0 radical (unpaired) electrons. The molecular formula is C22H21Cl2NO4. The minimum atomic E-state index is -0.719. The summed E-state index contributed by atoms with van der Waals surface area (Å²) >= 11 is 12.7. The first kappa shape index (κ1) is 21.2. The van der Waals surface area contributed by atoms with E-state index >= 15 is 0 Å². The predicted molar refractivity (Wildman–Crippen MR) is 113 cm³/mol. The lowest BCUT2D eigenvalue weighted by Crippen LogP contribution is -2.32. The van der Waals surface area contributed by atoms with E-state index in [0.717, 1.165) is 12.5 Å². The Kier molecular flexibility index (Phi) is 6.83. The number of benzene rings is 2. The van der Waals surface area contributed by atoms with Crippen molar-refractivity contribution in [3.63, 3.8) is 0 Å². The third-order valence-electron chi connectivity index (χ3n) is 4.43. The number of hydrogen-bond acceptors (Lipinski definition) is 4. The monoisotopic (exact) mass is 433 g/mol. The van der Waals surface area contributed by atoms with Crippen LogP contribution in [-0.2, 0) is 19.1 Å². The van der Waals surface area contributed by atoms with Crippen LogP contribution in [-0.4, -0.2) is 25.0 Å². The van der Waals surface area contributed by atoms with Crippen molar-refractivity contribution >= 4 is 40.8 Å². The van der Waals surface area contributed by atoms with E-state index in [9.17, 15) is 9.59 Å². The first-order chi connectivity index (χ1) is 14.0. The van der Waals surface area contributed by atoms with Crippen molar-refractivity contribution in [2.24, 2.45) is 0 Å². The van der Waals surface area contributed by atoms with Crippen molar-refractivity contribution in [2.45, 2.75) is 26.4 Å². The van der Waals surface area contributed by atoms with Crippen LogP contribution in [0.15, 0.2) is 54.3 Å². The summed E-state index contributed by atoms with van der Waals surface area (Å²) in [6, 6.07) is 12.5. The van der Waals surface area contributed by atoms with Gasteiger partial charge in [-0.1, -0.05) is 48.3 Å². The average Bonchev–Trinajstić information content (AvgIpc) is 2.79. The van der Waals surface area contributed by atoms with E-state index in [2.05, 4.69) is 0 Å². The Bertz CT molecular complexity index is 958. The summed E-state index contributed by atoms with van der Waals surface area (Å²) in [5, 5.41) is 0.987. The molecule has 1 heterocycles. The van der Waals surface area contributed by atoms with E-state index in [1.54, 1.807) is 36.1 Å². The molecule has 1 aliphatic heterocycles. The number of ether oxygens (including phenoxy) is 2. The Morgan fingerprint density at radius 1 is 1.17 bits per heavy atom. The Morgan fingerprint density at radius 2 is 1.93 bits per heavy atom. The summed E-state index contributed by atoms with van der Waals surface area (Å²) in [5.41, 5.74) is 2.02. The first-order valence-corrected chi connectivity index (χ1v) is 10.1. The molecule has 1 atom stereocenters. The fourth-order valence-electron chi connectivity index (χ4n) is 3.22. The molecule has 1 amide bonds. The smallest absolute Gasteiger partial charge is 0.334 e. The number of hydrogen-bond donors (Lipinski definition) is 0. The van der Waals surface area contributed by atoms with E-state index < -0.39 is 18.0 Å². The van der Waals surface area contributed by atoms with Gasteiger partial charge in [-0.3, -0.25) is 4.79 Å². The minimum Gasteiger partial charge on any atom is -0.475 e. The molecule has 1 unspecified atom stereocenters. The number of anilines is 1. The summed E-state index contributed by atoms with van der Waals surface area (Å²) in [4.78, 5) is 26.9. The van der Waals surface area contributed by atoms with E-state index in [4.69, 9.17) is 32.7 Å². The molecular weight excluding hydrogens is 413 g/mol. The summed E-state index contributed by atoms with van der Waals surface area (Å²) in [6.45, 7) is 4.31. The maximum absolute atomic E-state index is 13.2. The number of halogens is 2. The Hall–Kier alpha value is -2.50.